The highest BCUT2D eigenvalue weighted by atomic mass is 16.5. The number of benzene rings is 8. The molecule has 0 N–H and O–H groups in total. The summed E-state index contributed by atoms with van der Waals surface area (Å²) in [6.45, 7) is 0. The Morgan fingerprint density at radius 2 is 1.05 bits per heavy atom. The van der Waals surface area contributed by atoms with Gasteiger partial charge in [0.1, 0.15) is 11.5 Å². The van der Waals surface area contributed by atoms with Gasteiger partial charge in [-0.2, -0.15) is 0 Å². The number of allylic oxidation sites excluding steroid dienone is 3. The van der Waals surface area contributed by atoms with Gasteiger partial charge in [0, 0.05) is 11.5 Å². The van der Waals surface area contributed by atoms with Crippen LogP contribution in [0.25, 0.3) is 21.9 Å². The average molecular weight is 703 g/mol. The first kappa shape index (κ1) is 31.8. The van der Waals surface area contributed by atoms with Crippen LogP contribution in [0.15, 0.2) is 224 Å². The smallest absolute Gasteiger partial charge is 0.132 e. The summed E-state index contributed by atoms with van der Waals surface area (Å²) in [5, 5.41) is 2.55. The van der Waals surface area contributed by atoms with Crippen LogP contribution in [0.3, 0.4) is 0 Å². The van der Waals surface area contributed by atoms with Gasteiger partial charge in [0.15, 0.2) is 0 Å². The van der Waals surface area contributed by atoms with E-state index in [9.17, 15) is 0 Å². The van der Waals surface area contributed by atoms with Crippen LogP contribution in [-0.4, -0.2) is 0 Å². The fourth-order valence-electron chi connectivity index (χ4n) is 10.3. The maximum Gasteiger partial charge on any atom is 0.132 e. The molecule has 2 atom stereocenters. The predicted octanol–water partition coefficient (Wildman–Crippen LogP) is 12.9. The minimum absolute atomic E-state index is 0.0465. The zero-order chi connectivity index (χ0) is 36.4. The van der Waals surface area contributed by atoms with Crippen LogP contribution in [0.4, 0.5) is 0 Å². The number of hydrogen-bond donors (Lipinski definition) is 0. The van der Waals surface area contributed by atoms with Crippen LogP contribution >= 0.6 is 0 Å². The Morgan fingerprint density at radius 1 is 0.455 bits per heavy atom. The molecule has 1 nitrogen and oxygen atoms in total. The van der Waals surface area contributed by atoms with Crippen LogP contribution in [0.5, 0.6) is 5.75 Å². The molecule has 1 heteroatoms. The molecule has 0 spiro atoms. The summed E-state index contributed by atoms with van der Waals surface area (Å²) < 4.78 is 6.94. The minimum Gasteiger partial charge on any atom is -0.457 e. The van der Waals surface area contributed by atoms with Gasteiger partial charge in [-0.25, -0.2) is 0 Å². The lowest BCUT2D eigenvalue weighted by Crippen LogP contribution is -2.39. The molecule has 1 heterocycles. The predicted molar refractivity (Wildman–Crippen MR) is 225 cm³/mol. The number of fused-ring (bicyclic) bond motifs is 6. The monoisotopic (exact) mass is 702 g/mol. The summed E-state index contributed by atoms with van der Waals surface area (Å²) >= 11 is 0. The molecule has 8 aromatic rings. The molecule has 0 fully saturated rings. The van der Waals surface area contributed by atoms with Crippen LogP contribution in [0, 0.1) is 0 Å². The first-order chi connectivity index (χ1) is 27.3. The molecule has 11 rings (SSSR count). The minimum atomic E-state index is -0.571. The second-order valence-electron chi connectivity index (χ2n) is 15.0. The van der Waals surface area contributed by atoms with E-state index < -0.39 is 10.8 Å². The quantitative estimate of drug-likeness (QED) is 0.173. The number of ether oxygens (including phenoxy) is 1. The van der Waals surface area contributed by atoms with E-state index in [-0.39, 0.29) is 5.92 Å². The lowest BCUT2D eigenvalue weighted by molar-refractivity contribution is 0.379. The summed E-state index contributed by atoms with van der Waals surface area (Å²) in [5.41, 5.74) is 13.0. The van der Waals surface area contributed by atoms with Crippen LogP contribution in [-0.2, 0) is 10.8 Å². The van der Waals surface area contributed by atoms with E-state index in [2.05, 4.69) is 212 Å². The van der Waals surface area contributed by atoms with Crippen LogP contribution < -0.4 is 4.74 Å². The van der Waals surface area contributed by atoms with Gasteiger partial charge in [-0.05, 0) is 85.0 Å². The zero-order valence-corrected chi connectivity index (χ0v) is 30.4. The fourth-order valence-corrected chi connectivity index (χ4v) is 10.3. The number of para-hydroxylation sites is 1. The molecule has 0 saturated carbocycles. The van der Waals surface area contributed by atoms with E-state index in [4.69, 9.17) is 4.74 Å². The van der Waals surface area contributed by atoms with Crippen molar-refractivity contribution in [2.75, 3.05) is 0 Å². The SMILES string of the molecule is C1=CC2=C(C(c3cccc(C4(c5ccccc5)c5ccccc5-c5ccc6ccccc6c54)c3)C1)C(c1ccccc1)(c1ccccc1)c1ccccc1O2. The molecule has 2 aliphatic carbocycles. The van der Waals surface area contributed by atoms with E-state index in [1.54, 1.807) is 0 Å². The average Bonchev–Trinajstić information content (AvgIpc) is 3.58. The van der Waals surface area contributed by atoms with Crippen molar-refractivity contribution in [1.29, 1.82) is 0 Å². The van der Waals surface area contributed by atoms with E-state index in [0.29, 0.717) is 0 Å². The number of hydrogen-bond acceptors (Lipinski definition) is 1. The Hall–Kier alpha value is -6.70. The molecule has 0 radical (unpaired) electrons. The standard InChI is InChI=1S/C54H38O/c1-4-20-39(21-5-1)53(40-22-6-2-7-23-40)48-31-14-15-32-49(48)55-50-33-17-29-44(52(50)53)38-19-16-26-42(36-38)54(41-24-8-3-9-25-41)47-30-13-12-28-45(47)46-35-34-37-18-10-11-27-43(37)51(46)54/h1-28,30-36,44H,29H2. The highest BCUT2D eigenvalue weighted by Gasteiger charge is 2.51. The van der Waals surface area contributed by atoms with Gasteiger partial charge in [-0.1, -0.05) is 200 Å². The van der Waals surface area contributed by atoms with Crippen molar-refractivity contribution in [3.05, 3.63) is 268 Å². The van der Waals surface area contributed by atoms with E-state index in [1.165, 1.54) is 72.0 Å². The highest BCUT2D eigenvalue weighted by molar-refractivity contribution is 6.00. The third-order valence-electron chi connectivity index (χ3n) is 12.4. The number of rotatable bonds is 5. The van der Waals surface area contributed by atoms with Gasteiger partial charge >= 0.3 is 0 Å². The Balaban J connectivity index is 1.20. The Morgan fingerprint density at radius 3 is 1.80 bits per heavy atom. The topological polar surface area (TPSA) is 9.23 Å². The van der Waals surface area contributed by atoms with Crippen LogP contribution in [0.2, 0.25) is 0 Å². The molecule has 55 heavy (non-hydrogen) atoms. The molecule has 0 amide bonds. The Bertz CT molecular complexity index is 2770. The van der Waals surface area contributed by atoms with Gasteiger partial charge in [0.25, 0.3) is 0 Å². The molecule has 8 aromatic carbocycles. The van der Waals surface area contributed by atoms with Crippen molar-refractivity contribution >= 4 is 10.8 Å². The van der Waals surface area contributed by atoms with Crippen molar-refractivity contribution in [1.82, 2.24) is 0 Å². The summed E-state index contributed by atoms with van der Waals surface area (Å²) in [6.07, 6.45) is 5.39. The molecule has 3 aliphatic rings. The lowest BCUT2D eigenvalue weighted by Gasteiger charge is -2.46. The highest BCUT2D eigenvalue weighted by Crippen LogP contribution is 2.60. The van der Waals surface area contributed by atoms with Crippen molar-refractivity contribution in [3.8, 4) is 16.9 Å². The fraction of sp³-hybridized carbons (Fsp3) is 0.0741. The van der Waals surface area contributed by atoms with Gasteiger partial charge in [0.05, 0.1) is 10.8 Å². The molecule has 0 bridgehead atoms. The van der Waals surface area contributed by atoms with Crippen molar-refractivity contribution in [2.24, 2.45) is 0 Å². The van der Waals surface area contributed by atoms with Crippen molar-refractivity contribution in [3.63, 3.8) is 0 Å². The van der Waals surface area contributed by atoms with Crippen LogP contribution in [0.1, 0.15) is 56.8 Å². The second-order valence-corrected chi connectivity index (χ2v) is 15.0. The van der Waals surface area contributed by atoms with E-state index >= 15 is 0 Å². The van der Waals surface area contributed by atoms with Gasteiger partial charge in [-0.15, -0.1) is 0 Å². The van der Waals surface area contributed by atoms with E-state index in [0.717, 1.165) is 17.9 Å². The van der Waals surface area contributed by atoms with E-state index in [1.807, 2.05) is 0 Å². The molecular formula is C54H38O. The van der Waals surface area contributed by atoms with Gasteiger partial charge < -0.3 is 4.74 Å². The molecule has 0 saturated heterocycles. The van der Waals surface area contributed by atoms with Gasteiger partial charge in [-0.3, -0.25) is 0 Å². The Kier molecular flexibility index (Phi) is 7.19. The third-order valence-corrected chi connectivity index (χ3v) is 12.4. The zero-order valence-electron chi connectivity index (χ0n) is 30.4. The molecule has 260 valence electrons. The van der Waals surface area contributed by atoms with Crippen molar-refractivity contribution in [2.45, 2.75) is 23.2 Å². The summed E-state index contributed by atoms with van der Waals surface area (Å²) in [6, 6.07) is 74.1. The van der Waals surface area contributed by atoms with Crippen molar-refractivity contribution < 1.29 is 4.74 Å². The molecular weight excluding hydrogens is 665 g/mol. The summed E-state index contributed by atoms with van der Waals surface area (Å²) in [5.74, 6) is 1.89. The first-order valence-corrected chi connectivity index (χ1v) is 19.4. The first-order valence-electron chi connectivity index (χ1n) is 19.4. The Labute approximate surface area is 322 Å². The summed E-state index contributed by atoms with van der Waals surface area (Å²) in [7, 11) is 0. The van der Waals surface area contributed by atoms with Gasteiger partial charge in [0.2, 0.25) is 0 Å². The molecule has 0 aromatic heterocycles. The second kappa shape index (κ2) is 12.4. The molecule has 2 unspecified atom stereocenters. The third kappa shape index (κ3) is 4.47. The lowest BCUT2D eigenvalue weighted by atomic mass is 9.58. The normalized spacial score (nSPS) is 18.9. The maximum atomic E-state index is 6.94. The largest absolute Gasteiger partial charge is 0.457 e. The molecule has 1 aliphatic heterocycles. The maximum absolute atomic E-state index is 6.94. The summed E-state index contributed by atoms with van der Waals surface area (Å²) in [4.78, 5) is 0.